The summed E-state index contributed by atoms with van der Waals surface area (Å²) in [6.45, 7) is 1.99. The first-order chi connectivity index (χ1) is 9.20. The van der Waals surface area contributed by atoms with Crippen LogP contribution >= 0.6 is 0 Å². The molecule has 2 unspecified atom stereocenters. The van der Waals surface area contributed by atoms with Crippen molar-refractivity contribution in [1.82, 2.24) is 4.72 Å². The Balaban J connectivity index is 2.09. The fourth-order valence-electron chi connectivity index (χ4n) is 1.74. The number of furan rings is 1. The van der Waals surface area contributed by atoms with Crippen molar-refractivity contribution >= 4 is 11.0 Å². The molecule has 5 heteroatoms. The number of hydrogen-bond donors (Lipinski definition) is 2. The number of aryl methyl sites for hydroxylation is 1. The van der Waals surface area contributed by atoms with Crippen molar-refractivity contribution in [2.45, 2.75) is 24.3 Å². The van der Waals surface area contributed by atoms with Crippen molar-refractivity contribution in [3.05, 3.63) is 54.0 Å². The molecule has 2 rings (SSSR count). The predicted molar refractivity (Wildman–Crippen MR) is 73.9 cm³/mol. The van der Waals surface area contributed by atoms with Crippen molar-refractivity contribution in [3.8, 4) is 0 Å². The van der Waals surface area contributed by atoms with Gasteiger partial charge in [-0.15, -0.1) is 0 Å². The zero-order chi connectivity index (χ0) is 13.7. The lowest BCUT2D eigenvalue weighted by Crippen LogP contribution is -2.24. The topological polar surface area (TPSA) is 62.5 Å². The molecule has 1 aromatic carbocycles. The fraction of sp³-hybridized carbons (Fsp3) is 0.286. The molecular weight excluding hydrogens is 262 g/mol. The molecule has 0 fully saturated rings. The van der Waals surface area contributed by atoms with Gasteiger partial charge in [0.2, 0.25) is 0 Å². The van der Waals surface area contributed by atoms with Crippen LogP contribution in [0, 0.1) is 6.92 Å². The average Bonchev–Trinajstić information content (AvgIpc) is 2.92. The summed E-state index contributed by atoms with van der Waals surface area (Å²) < 4.78 is 20.5. The second-order valence-corrected chi connectivity index (χ2v) is 5.52. The molecule has 2 atom stereocenters. The van der Waals surface area contributed by atoms with Crippen molar-refractivity contribution in [3.63, 3.8) is 0 Å². The summed E-state index contributed by atoms with van der Waals surface area (Å²) >= 11 is 0. The lowest BCUT2D eigenvalue weighted by Gasteiger charge is -2.14. The molecule has 4 nitrogen and oxygen atoms in total. The van der Waals surface area contributed by atoms with Crippen molar-refractivity contribution in [2.24, 2.45) is 0 Å². The Bertz CT molecular complexity index is 522. The molecule has 0 aliphatic rings. The first-order valence-electron chi connectivity index (χ1n) is 6.09. The van der Waals surface area contributed by atoms with Gasteiger partial charge < -0.3 is 9.52 Å². The molecule has 2 aromatic rings. The summed E-state index contributed by atoms with van der Waals surface area (Å²) in [4.78, 5) is 0.708. The second-order valence-electron chi connectivity index (χ2n) is 4.28. The summed E-state index contributed by atoms with van der Waals surface area (Å²) in [5.41, 5.74) is 1.12. The maximum Gasteiger partial charge on any atom is 0.125 e. The normalized spacial score (nSPS) is 14.2. The van der Waals surface area contributed by atoms with E-state index in [-0.39, 0.29) is 12.6 Å². The molecule has 0 saturated heterocycles. The molecule has 0 amide bonds. The molecule has 0 radical (unpaired) electrons. The van der Waals surface area contributed by atoms with Crippen molar-refractivity contribution < 1.29 is 13.7 Å². The quantitative estimate of drug-likeness (QED) is 0.853. The molecule has 0 spiro atoms. The summed E-state index contributed by atoms with van der Waals surface area (Å²) in [5, 5.41) is 9.07. The Hall–Kier alpha value is -1.43. The highest BCUT2D eigenvalue weighted by molar-refractivity contribution is 7.83. The molecule has 0 aliphatic heterocycles. The van der Waals surface area contributed by atoms with Gasteiger partial charge in [-0.1, -0.05) is 17.7 Å². The molecule has 0 saturated carbocycles. The van der Waals surface area contributed by atoms with E-state index in [4.69, 9.17) is 9.52 Å². The van der Waals surface area contributed by atoms with Gasteiger partial charge in [-0.3, -0.25) is 0 Å². The van der Waals surface area contributed by atoms with Crippen LogP contribution in [0.15, 0.2) is 52.0 Å². The van der Waals surface area contributed by atoms with Crippen molar-refractivity contribution in [1.29, 1.82) is 0 Å². The number of nitrogens with one attached hydrogen (secondary N) is 1. The van der Waals surface area contributed by atoms with E-state index in [0.29, 0.717) is 17.1 Å². The highest BCUT2D eigenvalue weighted by Crippen LogP contribution is 2.19. The number of aliphatic hydroxyl groups excluding tert-OH is 1. The van der Waals surface area contributed by atoms with Crippen LogP contribution in [-0.2, 0) is 11.0 Å². The second kappa shape index (κ2) is 6.65. The van der Waals surface area contributed by atoms with E-state index in [1.807, 2.05) is 31.2 Å². The maximum absolute atomic E-state index is 12.2. The summed E-state index contributed by atoms with van der Waals surface area (Å²) in [6, 6.07) is 10.8. The first kappa shape index (κ1) is 14.0. The van der Waals surface area contributed by atoms with Gasteiger partial charge >= 0.3 is 0 Å². The third kappa shape index (κ3) is 3.76. The Kier molecular flexibility index (Phi) is 4.90. The van der Waals surface area contributed by atoms with Gasteiger partial charge in [-0.2, -0.15) is 0 Å². The lowest BCUT2D eigenvalue weighted by atomic mass is 10.2. The number of benzene rings is 1. The molecule has 102 valence electrons. The Morgan fingerprint density at radius 1 is 1.32 bits per heavy atom. The van der Waals surface area contributed by atoms with Gasteiger partial charge in [0.1, 0.15) is 16.7 Å². The smallest absolute Gasteiger partial charge is 0.125 e. The SMILES string of the molecule is Cc1ccc(S(=O)NC(CCO)c2ccco2)cc1. The van der Waals surface area contributed by atoms with E-state index >= 15 is 0 Å². The van der Waals surface area contributed by atoms with E-state index in [9.17, 15) is 4.21 Å². The van der Waals surface area contributed by atoms with E-state index in [1.165, 1.54) is 0 Å². The standard InChI is InChI=1S/C14H17NO3S/c1-11-4-6-12(7-5-11)19(17)15-13(8-9-16)14-3-2-10-18-14/h2-7,10,13,15-16H,8-9H2,1H3. The first-order valence-corrected chi connectivity index (χ1v) is 7.24. The molecule has 19 heavy (non-hydrogen) atoms. The van der Waals surface area contributed by atoms with E-state index < -0.39 is 11.0 Å². The highest BCUT2D eigenvalue weighted by atomic mass is 32.2. The van der Waals surface area contributed by atoms with Gasteiger partial charge in [-0.25, -0.2) is 8.93 Å². The monoisotopic (exact) mass is 279 g/mol. The van der Waals surface area contributed by atoms with Crippen LogP contribution in [0.4, 0.5) is 0 Å². The van der Waals surface area contributed by atoms with Crippen LogP contribution in [0.3, 0.4) is 0 Å². The summed E-state index contributed by atoms with van der Waals surface area (Å²) in [6.07, 6.45) is 2.02. The van der Waals surface area contributed by atoms with E-state index in [0.717, 1.165) is 5.56 Å². The van der Waals surface area contributed by atoms with Gasteiger partial charge in [0.25, 0.3) is 0 Å². The minimum atomic E-state index is -1.33. The Morgan fingerprint density at radius 2 is 2.05 bits per heavy atom. The van der Waals surface area contributed by atoms with E-state index in [2.05, 4.69) is 4.72 Å². The van der Waals surface area contributed by atoms with Crippen LogP contribution < -0.4 is 4.72 Å². The minimum absolute atomic E-state index is 0.00344. The summed E-state index contributed by atoms with van der Waals surface area (Å²) in [7, 11) is -1.33. The molecule has 0 bridgehead atoms. The molecular formula is C14H17NO3S. The minimum Gasteiger partial charge on any atom is -0.468 e. The van der Waals surface area contributed by atoms with Crippen LogP contribution in [0.2, 0.25) is 0 Å². The maximum atomic E-state index is 12.2. The highest BCUT2D eigenvalue weighted by Gasteiger charge is 2.17. The molecule has 1 aromatic heterocycles. The predicted octanol–water partition coefficient (Wildman–Crippen LogP) is 2.32. The number of hydrogen-bond acceptors (Lipinski definition) is 3. The zero-order valence-corrected chi connectivity index (χ0v) is 11.5. The number of rotatable bonds is 6. The summed E-state index contributed by atoms with van der Waals surface area (Å²) in [5.74, 6) is 0.675. The molecule has 2 N–H and O–H groups in total. The lowest BCUT2D eigenvalue weighted by molar-refractivity contribution is 0.264. The zero-order valence-electron chi connectivity index (χ0n) is 10.7. The number of aliphatic hydroxyl groups is 1. The van der Waals surface area contributed by atoms with Gasteiger partial charge in [0.05, 0.1) is 17.2 Å². The third-order valence-corrected chi connectivity index (χ3v) is 3.99. The van der Waals surface area contributed by atoms with Gasteiger partial charge in [-0.05, 0) is 37.6 Å². The van der Waals surface area contributed by atoms with Gasteiger partial charge in [0, 0.05) is 6.61 Å². The van der Waals surface area contributed by atoms with Gasteiger partial charge in [0.15, 0.2) is 0 Å². The van der Waals surface area contributed by atoms with Crippen LogP contribution in [-0.4, -0.2) is 15.9 Å². The van der Waals surface area contributed by atoms with E-state index in [1.54, 1.807) is 18.4 Å². The Morgan fingerprint density at radius 3 is 2.63 bits per heavy atom. The third-order valence-electron chi connectivity index (χ3n) is 2.79. The van der Waals surface area contributed by atoms with Crippen LogP contribution in [0.5, 0.6) is 0 Å². The molecule has 0 aliphatic carbocycles. The van der Waals surface area contributed by atoms with Crippen LogP contribution in [0.1, 0.15) is 23.8 Å². The van der Waals surface area contributed by atoms with Crippen LogP contribution in [0.25, 0.3) is 0 Å². The molecule has 1 heterocycles. The van der Waals surface area contributed by atoms with Crippen molar-refractivity contribution in [2.75, 3.05) is 6.61 Å². The largest absolute Gasteiger partial charge is 0.468 e. The Labute approximate surface area is 115 Å². The fourth-order valence-corrected chi connectivity index (χ4v) is 2.75. The average molecular weight is 279 g/mol.